The van der Waals surface area contributed by atoms with E-state index in [1.54, 1.807) is 17.0 Å². The van der Waals surface area contributed by atoms with E-state index in [4.69, 9.17) is 23.7 Å². The third-order valence-corrected chi connectivity index (χ3v) is 22.4. The largest absolute Gasteiger partial charge is 0.502 e. The number of methoxy groups -OCH3 is 1. The molecule has 0 unspecified atom stereocenters. The van der Waals surface area contributed by atoms with Crippen molar-refractivity contribution in [2.75, 3.05) is 45.4 Å². The SMILES string of the molecule is COc1cc([C@@H]2COc3cc4c5c(c3[C@H]2O)CCc2c(OCCNC3CCCCC3)cc(O[C@]36CCCC[C@H]3CC[C@@H](C)N6)c(c2-5)[C@@H](O)N4)cc(OC[C@H](CO)[C@]23CCC[C@H](C4(N5C(=O)C=CC5=O)CCCCC4)[C@H]2C=Cc2ccccc23)c1O. The molecule has 10 aliphatic rings. The number of phenols is 1. The number of nitrogens with zero attached hydrogens (tertiary/aromatic N) is 1. The van der Waals surface area contributed by atoms with Crippen LogP contribution in [-0.4, -0.2) is 101 Å². The highest BCUT2D eigenvalue weighted by Crippen LogP contribution is 2.62. The summed E-state index contributed by atoms with van der Waals surface area (Å²) in [4.78, 5) is 29.0. The van der Waals surface area contributed by atoms with Gasteiger partial charge in [0.1, 0.15) is 23.9 Å². The number of aliphatic hydroxyl groups excluding tert-OH is 3. The molecule has 0 aromatic heterocycles. The first-order chi connectivity index (χ1) is 41.4. The fourth-order valence-electron chi connectivity index (χ4n) is 18.5. The lowest BCUT2D eigenvalue weighted by Gasteiger charge is -2.60. The van der Waals surface area contributed by atoms with Crippen LogP contribution in [0.4, 0.5) is 5.69 Å². The normalized spacial score (nSPS) is 30.2. The van der Waals surface area contributed by atoms with Crippen LogP contribution in [0.3, 0.4) is 0 Å². The number of rotatable bonds is 16. The molecule has 0 spiro atoms. The van der Waals surface area contributed by atoms with Crippen molar-refractivity contribution in [3.05, 3.63) is 106 Å². The van der Waals surface area contributed by atoms with E-state index >= 15 is 0 Å². The number of carbonyl (C=O) groups is 2. The van der Waals surface area contributed by atoms with Crippen LogP contribution < -0.4 is 39.6 Å². The van der Waals surface area contributed by atoms with Crippen molar-refractivity contribution in [2.24, 2.45) is 23.7 Å². The number of hydrogen-bond donors (Lipinski definition) is 7. The zero-order chi connectivity index (χ0) is 58.2. The first-order valence-electron chi connectivity index (χ1n) is 32.4. The fraction of sp³-hybridized carbons (Fsp3) is 0.571. The molecule has 14 rings (SSSR count). The summed E-state index contributed by atoms with van der Waals surface area (Å²) in [6, 6.07) is 16.7. The number of fused-ring (bicyclic) bond motifs is 6. The number of hydrogen-bond acceptors (Lipinski definition) is 14. The summed E-state index contributed by atoms with van der Waals surface area (Å²) < 4.78 is 33.7. The van der Waals surface area contributed by atoms with Crippen molar-refractivity contribution < 1.29 is 53.7 Å². The second-order valence-electron chi connectivity index (χ2n) is 26.7. The molecule has 4 saturated carbocycles. The maximum absolute atomic E-state index is 13.7. The van der Waals surface area contributed by atoms with Crippen molar-refractivity contribution in [3.8, 4) is 45.6 Å². The molecule has 4 aromatic rings. The average Bonchev–Trinajstić information content (AvgIpc) is 1.30. The molecule has 4 heterocycles. The number of nitrogens with one attached hydrogen (secondary N) is 3. The highest BCUT2D eigenvalue weighted by molar-refractivity contribution is 6.13. The Hall–Kier alpha value is -6.10. The fourth-order valence-corrected chi connectivity index (χ4v) is 18.5. The van der Waals surface area contributed by atoms with Gasteiger partial charge in [0.05, 0.1) is 44.1 Å². The van der Waals surface area contributed by atoms with Crippen molar-refractivity contribution >= 4 is 23.6 Å². The Morgan fingerprint density at radius 1 is 0.776 bits per heavy atom. The molecule has 15 nitrogen and oxygen atoms in total. The smallest absolute Gasteiger partial charge is 0.254 e. The molecule has 2 amide bonds. The van der Waals surface area contributed by atoms with Gasteiger partial charge >= 0.3 is 0 Å². The summed E-state index contributed by atoms with van der Waals surface area (Å²) in [6.45, 7) is 3.38. The van der Waals surface area contributed by atoms with Gasteiger partial charge in [0.2, 0.25) is 5.75 Å². The quantitative estimate of drug-likeness (QED) is 0.0413. The van der Waals surface area contributed by atoms with Crippen LogP contribution in [0.2, 0.25) is 0 Å². The van der Waals surface area contributed by atoms with E-state index in [9.17, 15) is 30.0 Å². The first-order valence-corrected chi connectivity index (χ1v) is 32.4. The van der Waals surface area contributed by atoms with Crippen molar-refractivity contribution in [2.45, 2.75) is 189 Å². The lowest BCUT2D eigenvalue weighted by Crippen LogP contribution is -2.64. The minimum Gasteiger partial charge on any atom is -0.502 e. The van der Waals surface area contributed by atoms with Gasteiger partial charge in [0, 0.05) is 100 Å². The number of amides is 2. The van der Waals surface area contributed by atoms with Crippen LogP contribution in [0.25, 0.3) is 17.2 Å². The molecular weight excluding hydrogens is 1070 g/mol. The van der Waals surface area contributed by atoms with Gasteiger partial charge in [-0.1, -0.05) is 87.8 Å². The Kier molecular flexibility index (Phi) is 15.3. The number of anilines is 1. The maximum Gasteiger partial charge on any atom is 0.254 e. The molecule has 0 radical (unpaired) electrons. The molecule has 6 aliphatic carbocycles. The predicted octanol–water partition coefficient (Wildman–Crippen LogP) is 11.1. The Balaban J connectivity index is 0.795. The summed E-state index contributed by atoms with van der Waals surface area (Å²) in [7, 11) is 1.50. The summed E-state index contributed by atoms with van der Waals surface area (Å²) in [5.41, 5.74) is 6.82. The molecule has 10 atom stereocenters. The Labute approximate surface area is 499 Å². The number of allylic oxidation sites excluding steroid dienone is 1. The van der Waals surface area contributed by atoms with E-state index in [2.05, 4.69) is 53.2 Å². The summed E-state index contributed by atoms with van der Waals surface area (Å²) >= 11 is 0. The maximum atomic E-state index is 13.7. The van der Waals surface area contributed by atoms with Gasteiger partial charge in [-0.15, -0.1) is 0 Å². The van der Waals surface area contributed by atoms with Crippen LogP contribution in [-0.2, 0) is 27.8 Å². The summed E-state index contributed by atoms with van der Waals surface area (Å²) in [6.07, 6.45) is 25.7. The van der Waals surface area contributed by atoms with Gasteiger partial charge in [0.25, 0.3) is 11.8 Å². The average molecular weight is 1160 g/mol. The molecular formula is C70H86N4O11. The number of imide groups is 1. The molecule has 5 fully saturated rings. The number of benzene rings is 4. The van der Waals surface area contributed by atoms with Crippen LogP contribution in [0.1, 0.15) is 186 Å². The highest BCUT2D eigenvalue weighted by atomic mass is 16.5. The molecule has 4 aromatic carbocycles. The first kappa shape index (κ1) is 56.7. The minimum absolute atomic E-state index is 0.0346. The van der Waals surface area contributed by atoms with E-state index in [0.29, 0.717) is 59.6 Å². The topological polar surface area (TPSA) is 201 Å². The Morgan fingerprint density at radius 2 is 1.54 bits per heavy atom. The number of phenolic OH excluding ortho intramolecular Hbond substituents is 1. The standard InChI is InChI=1S/C70H86N4O11/c1-41-20-22-44-15-9-12-31-70(44,73-41)85-56-37-54(82-33-32-71-46-16-5-3-6-17-46)47-23-24-48-61-53(72-67(80)64(56)63(47)61)36-55-62(48)65(78)49(40-84-55)43-34-57(81-2)66(79)58(35-43)83-39-45(38-75)69-30-13-19-51(52(69)25-21-42-14-7-8-18-50(42)69)68(28-10-4-11-29-68)74-59(76)26-27-60(74)77/h7-8,14,18,21,25-27,34-37,41,44-46,49,51-52,65,67,71-73,75,78-80H,3-6,9-13,15-17,19-20,22-24,28-33,38-40H2,1-2H3/t41-,44+,45+,49+,51+,52-,65+,67-,69+,70-/m1/s1. The molecule has 452 valence electrons. The third-order valence-electron chi connectivity index (χ3n) is 22.4. The van der Waals surface area contributed by atoms with Gasteiger partial charge < -0.3 is 54.7 Å². The summed E-state index contributed by atoms with van der Waals surface area (Å²) in [5, 5.41) is 60.3. The molecule has 1 saturated heterocycles. The van der Waals surface area contributed by atoms with Gasteiger partial charge in [-0.2, -0.15) is 0 Å². The van der Waals surface area contributed by atoms with Crippen molar-refractivity contribution in [3.63, 3.8) is 0 Å². The second-order valence-corrected chi connectivity index (χ2v) is 26.7. The van der Waals surface area contributed by atoms with Gasteiger partial charge in [0.15, 0.2) is 23.5 Å². The number of aliphatic hydroxyl groups is 3. The van der Waals surface area contributed by atoms with Crippen molar-refractivity contribution in [1.29, 1.82) is 0 Å². The monoisotopic (exact) mass is 1160 g/mol. The van der Waals surface area contributed by atoms with Gasteiger partial charge in [-0.05, 0) is 130 Å². The number of aromatic hydroxyl groups is 1. The zero-order valence-electron chi connectivity index (χ0n) is 49.6. The van der Waals surface area contributed by atoms with E-state index < -0.39 is 40.8 Å². The van der Waals surface area contributed by atoms with Crippen LogP contribution in [0.15, 0.2) is 66.8 Å². The molecule has 4 aliphatic heterocycles. The minimum atomic E-state index is -1.08. The number of piperidine rings is 1. The Morgan fingerprint density at radius 3 is 2.35 bits per heavy atom. The number of ether oxygens (including phenoxy) is 5. The molecule has 85 heavy (non-hydrogen) atoms. The number of carbonyl (C=O) groups excluding carboxylic acids is 2. The summed E-state index contributed by atoms with van der Waals surface area (Å²) in [5.74, 6) is 0.636. The highest BCUT2D eigenvalue weighted by Gasteiger charge is 2.60. The van der Waals surface area contributed by atoms with Crippen molar-refractivity contribution in [1.82, 2.24) is 15.5 Å². The molecule has 0 bridgehead atoms. The van der Waals surface area contributed by atoms with E-state index in [1.807, 2.05) is 18.2 Å². The van der Waals surface area contributed by atoms with Crippen LogP contribution in [0.5, 0.6) is 34.5 Å². The van der Waals surface area contributed by atoms with E-state index in [1.165, 1.54) is 57.8 Å². The Bertz CT molecular complexity index is 3270. The van der Waals surface area contributed by atoms with E-state index in [0.717, 1.165) is 135 Å². The van der Waals surface area contributed by atoms with Gasteiger partial charge in [-0.25, -0.2) is 0 Å². The van der Waals surface area contributed by atoms with Crippen LogP contribution in [0, 0.1) is 23.7 Å². The molecule has 15 heteroatoms. The zero-order valence-corrected chi connectivity index (χ0v) is 49.6. The third kappa shape index (κ3) is 9.54. The van der Waals surface area contributed by atoms with Gasteiger partial charge in [-0.3, -0.25) is 19.8 Å². The lowest BCUT2D eigenvalue weighted by atomic mass is 9.47. The molecule has 7 N–H and O–H groups in total. The van der Waals surface area contributed by atoms with Crippen LogP contribution >= 0.6 is 0 Å². The van der Waals surface area contributed by atoms with E-state index in [-0.39, 0.29) is 66.8 Å². The predicted molar refractivity (Wildman–Crippen MR) is 324 cm³/mol. The second kappa shape index (κ2) is 22.9. The lowest BCUT2D eigenvalue weighted by molar-refractivity contribution is -0.153.